The third kappa shape index (κ3) is 4.65. The minimum Gasteiger partial charge on any atom is -0.495 e. The van der Waals surface area contributed by atoms with Crippen molar-refractivity contribution in [3.8, 4) is 5.75 Å². The lowest BCUT2D eigenvalue weighted by molar-refractivity contribution is 0.102. The third-order valence-electron chi connectivity index (χ3n) is 3.82. The molecule has 0 heterocycles. The normalized spacial score (nSPS) is 10.1. The molecule has 0 atom stereocenters. The second-order valence-corrected chi connectivity index (χ2v) is 6.14. The van der Waals surface area contributed by atoms with Crippen LogP contribution in [0.3, 0.4) is 0 Å². The van der Waals surface area contributed by atoms with Crippen LogP contribution >= 0.6 is 11.6 Å². The van der Waals surface area contributed by atoms with Crippen LogP contribution in [0.5, 0.6) is 5.75 Å². The van der Waals surface area contributed by atoms with Gasteiger partial charge in [-0.1, -0.05) is 35.9 Å². The highest BCUT2D eigenvalue weighted by Gasteiger charge is 2.13. The molecule has 0 unspecified atom stereocenters. The van der Waals surface area contributed by atoms with Crippen LogP contribution in [0.15, 0.2) is 72.8 Å². The van der Waals surface area contributed by atoms with Gasteiger partial charge in [0.1, 0.15) is 5.75 Å². The Morgan fingerprint density at radius 1 is 0.815 bits per heavy atom. The molecule has 3 aromatic carbocycles. The van der Waals surface area contributed by atoms with E-state index in [0.717, 1.165) is 0 Å². The zero-order valence-corrected chi connectivity index (χ0v) is 15.3. The molecule has 0 bridgehead atoms. The molecule has 136 valence electrons. The number of carbonyl (C=O) groups excluding carboxylic acids is 2. The molecule has 6 heteroatoms. The first kappa shape index (κ1) is 18.5. The summed E-state index contributed by atoms with van der Waals surface area (Å²) < 4.78 is 5.23. The van der Waals surface area contributed by atoms with Gasteiger partial charge in [0.25, 0.3) is 11.8 Å². The Kier molecular flexibility index (Phi) is 5.74. The van der Waals surface area contributed by atoms with Gasteiger partial charge in [-0.05, 0) is 48.5 Å². The van der Waals surface area contributed by atoms with E-state index in [-0.39, 0.29) is 11.8 Å². The lowest BCUT2D eigenvalue weighted by Gasteiger charge is -2.11. The van der Waals surface area contributed by atoms with Gasteiger partial charge in [-0.2, -0.15) is 0 Å². The van der Waals surface area contributed by atoms with E-state index < -0.39 is 0 Å². The number of para-hydroxylation sites is 2. The lowest BCUT2D eigenvalue weighted by atomic mass is 10.1. The quantitative estimate of drug-likeness (QED) is 0.664. The van der Waals surface area contributed by atoms with Crippen LogP contribution < -0.4 is 15.4 Å². The monoisotopic (exact) mass is 380 g/mol. The van der Waals surface area contributed by atoms with Gasteiger partial charge in [0.15, 0.2) is 0 Å². The van der Waals surface area contributed by atoms with Crippen molar-refractivity contribution in [2.24, 2.45) is 0 Å². The van der Waals surface area contributed by atoms with Crippen LogP contribution in [0, 0.1) is 0 Å². The maximum atomic E-state index is 12.5. The highest BCUT2D eigenvalue weighted by atomic mass is 35.5. The summed E-state index contributed by atoms with van der Waals surface area (Å²) in [7, 11) is 1.53. The van der Waals surface area contributed by atoms with Crippen LogP contribution in [-0.2, 0) is 0 Å². The molecule has 5 nitrogen and oxygen atoms in total. The van der Waals surface area contributed by atoms with Gasteiger partial charge in [-0.3, -0.25) is 9.59 Å². The fourth-order valence-electron chi connectivity index (χ4n) is 2.51. The average Bonchev–Trinajstić information content (AvgIpc) is 2.68. The average molecular weight is 381 g/mol. The van der Waals surface area contributed by atoms with Crippen molar-refractivity contribution in [3.05, 3.63) is 88.9 Å². The molecule has 3 rings (SSSR count). The van der Waals surface area contributed by atoms with Crippen molar-refractivity contribution in [2.75, 3.05) is 17.7 Å². The van der Waals surface area contributed by atoms with Crippen molar-refractivity contribution in [1.29, 1.82) is 0 Å². The molecule has 0 aliphatic carbocycles. The fourth-order valence-corrected chi connectivity index (χ4v) is 2.70. The van der Waals surface area contributed by atoms with E-state index in [4.69, 9.17) is 16.3 Å². The molecule has 0 aliphatic rings. The van der Waals surface area contributed by atoms with Gasteiger partial charge in [0.2, 0.25) is 0 Å². The summed E-state index contributed by atoms with van der Waals surface area (Å²) in [5, 5.41) is 6.07. The zero-order valence-electron chi connectivity index (χ0n) is 14.5. The topological polar surface area (TPSA) is 67.4 Å². The second kappa shape index (κ2) is 8.38. The smallest absolute Gasteiger partial charge is 0.255 e. The predicted molar refractivity (Wildman–Crippen MR) is 107 cm³/mol. The lowest BCUT2D eigenvalue weighted by Crippen LogP contribution is -2.15. The first-order valence-corrected chi connectivity index (χ1v) is 8.56. The summed E-state index contributed by atoms with van der Waals surface area (Å²) in [5.41, 5.74) is 1.86. The summed E-state index contributed by atoms with van der Waals surface area (Å²) in [6, 6.07) is 20.4. The molecule has 0 aromatic heterocycles. The Balaban J connectivity index is 1.76. The van der Waals surface area contributed by atoms with E-state index in [1.54, 1.807) is 60.7 Å². The maximum Gasteiger partial charge on any atom is 0.255 e. The van der Waals surface area contributed by atoms with Crippen LogP contribution in [0.2, 0.25) is 5.02 Å². The molecule has 2 N–H and O–H groups in total. The summed E-state index contributed by atoms with van der Waals surface area (Å²) in [6.07, 6.45) is 0. The van der Waals surface area contributed by atoms with Gasteiger partial charge in [-0.15, -0.1) is 0 Å². The number of carbonyl (C=O) groups is 2. The predicted octanol–water partition coefficient (Wildman–Crippen LogP) is 4.85. The summed E-state index contributed by atoms with van der Waals surface area (Å²) in [6.45, 7) is 0. The SMILES string of the molecule is COc1ccccc1NC(=O)c1cccc(C(=O)Nc2cccc(Cl)c2)c1. The maximum absolute atomic E-state index is 12.5. The van der Waals surface area contributed by atoms with Gasteiger partial charge in [0, 0.05) is 21.8 Å². The summed E-state index contributed by atoms with van der Waals surface area (Å²) in [5.74, 6) is -0.109. The molecule has 0 aliphatic heterocycles. The number of methoxy groups -OCH3 is 1. The fraction of sp³-hybridized carbons (Fsp3) is 0.0476. The number of benzene rings is 3. The summed E-state index contributed by atoms with van der Waals surface area (Å²) in [4.78, 5) is 25.0. The Bertz CT molecular complexity index is 988. The number of rotatable bonds is 5. The van der Waals surface area contributed by atoms with E-state index in [0.29, 0.717) is 33.3 Å². The Hall–Kier alpha value is -3.31. The van der Waals surface area contributed by atoms with E-state index in [1.807, 2.05) is 6.07 Å². The van der Waals surface area contributed by atoms with Crippen molar-refractivity contribution in [2.45, 2.75) is 0 Å². The molecule has 2 amide bonds. The van der Waals surface area contributed by atoms with E-state index in [9.17, 15) is 9.59 Å². The largest absolute Gasteiger partial charge is 0.495 e. The van der Waals surface area contributed by atoms with Gasteiger partial charge >= 0.3 is 0 Å². The van der Waals surface area contributed by atoms with Gasteiger partial charge < -0.3 is 15.4 Å². The molecule has 0 saturated heterocycles. The third-order valence-corrected chi connectivity index (χ3v) is 4.06. The first-order valence-electron chi connectivity index (χ1n) is 8.18. The first-order chi connectivity index (χ1) is 13.1. The number of hydrogen-bond acceptors (Lipinski definition) is 3. The van der Waals surface area contributed by atoms with E-state index in [2.05, 4.69) is 10.6 Å². The van der Waals surface area contributed by atoms with Crippen molar-refractivity contribution in [1.82, 2.24) is 0 Å². The highest BCUT2D eigenvalue weighted by molar-refractivity contribution is 6.31. The number of hydrogen-bond donors (Lipinski definition) is 2. The van der Waals surface area contributed by atoms with Crippen LogP contribution in [0.25, 0.3) is 0 Å². The van der Waals surface area contributed by atoms with Crippen LogP contribution in [-0.4, -0.2) is 18.9 Å². The van der Waals surface area contributed by atoms with Gasteiger partial charge in [-0.25, -0.2) is 0 Å². The van der Waals surface area contributed by atoms with E-state index in [1.165, 1.54) is 13.2 Å². The standard InChI is InChI=1S/C21H17ClN2O3/c1-27-19-11-3-2-10-18(19)24-21(26)15-7-4-6-14(12-15)20(25)23-17-9-5-8-16(22)13-17/h2-13H,1H3,(H,23,25)(H,24,26). The molecule has 0 fully saturated rings. The van der Waals surface area contributed by atoms with Crippen molar-refractivity contribution < 1.29 is 14.3 Å². The second-order valence-electron chi connectivity index (χ2n) is 5.70. The zero-order chi connectivity index (χ0) is 19.2. The summed E-state index contributed by atoms with van der Waals surface area (Å²) >= 11 is 5.93. The van der Waals surface area contributed by atoms with Crippen LogP contribution in [0.4, 0.5) is 11.4 Å². The van der Waals surface area contributed by atoms with Crippen LogP contribution in [0.1, 0.15) is 20.7 Å². The molecule has 27 heavy (non-hydrogen) atoms. The Morgan fingerprint density at radius 2 is 1.48 bits per heavy atom. The number of halogens is 1. The van der Waals surface area contributed by atoms with E-state index >= 15 is 0 Å². The minimum absolute atomic E-state index is 0.329. The van der Waals surface area contributed by atoms with Crippen molar-refractivity contribution >= 4 is 34.8 Å². The molecule has 0 spiro atoms. The van der Waals surface area contributed by atoms with Crippen molar-refractivity contribution in [3.63, 3.8) is 0 Å². The Labute approximate surface area is 161 Å². The molecular weight excluding hydrogens is 364 g/mol. The highest BCUT2D eigenvalue weighted by Crippen LogP contribution is 2.24. The molecule has 0 saturated carbocycles. The molecular formula is C21H17ClN2O3. The minimum atomic E-state index is -0.336. The number of nitrogens with one attached hydrogen (secondary N) is 2. The van der Waals surface area contributed by atoms with Gasteiger partial charge in [0.05, 0.1) is 12.8 Å². The number of amides is 2. The molecule has 3 aromatic rings. The molecule has 0 radical (unpaired) electrons. The number of anilines is 2. The number of ether oxygens (including phenoxy) is 1. The Morgan fingerprint density at radius 3 is 2.19 bits per heavy atom.